The van der Waals surface area contributed by atoms with Crippen molar-refractivity contribution in [2.75, 3.05) is 0 Å². The van der Waals surface area contributed by atoms with E-state index in [2.05, 4.69) is 4.57 Å². The van der Waals surface area contributed by atoms with Gasteiger partial charge in [0.2, 0.25) is 0 Å². The molecule has 1 aromatic heterocycles. The average molecular weight is 264 g/mol. The van der Waals surface area contributed by atoms with Gasteiger partial charge in [0, 0.05) is 22.6 Å². The van der Waals surface area contributed by atoms with Crippen molar-refractivity contribution in [3.63, 3.8) is 0 Å². The van der Waals surface area contributed by atoms with E-state index in [-0.39, 0.29) is 6.42 Å². The van der Waals surface area contributed by atoms with Crippen LogP contribution in [-0.2, 0) is 24.2 Å². The Hall–Kier alpha value is -1.48. The zero-order chi connectivity index (χ0) is 12.9. The zero-order valence-electron chi connectivity index (χ0n) is 10.2. The smallest absolute Gasteiger partial charge is 0.307 e. The quantitative estimate of drug-likeness (QED) is 0.904. The molecule has 0 saturated carbocycles. The summed E-state index contributed by atoms with van der Waals surface area (Å²) < 4.78 is 2.24. The van der Waals surface area contributed by atoms with Gasteiger partial charge in [-0.15, -0.1) is 0 Å². The molecule has 1 aliphatic heterocycles. The fourth-order valence-corrected chi connectivity index (χ4v) is 3.24. The topological polar surface area (TPSA) is 42.2 Å². The van der Waals surface area contributed by atoms with Crippen molar-refractivity contribution in [1.29, 1.82) is 0 Å². The molecular formula is C14H14ClNO2. The lowest BCUT2D eigenvalue weighted by Gasteiger charge is -2.17. The van der Waals surface area contributed by atoms with E-state index in [1.165, 1.54) is 11.1 Å². The van der Waals surface area contributed by atoms with Gasteiger partial charge < -0.3 is 9.67 Å². The third kappa shape index (κ3) is 1.62. The second-order valence-electron chi connectivity index (χ2n) is 4.85. The van der Waals surface area contributed by atoms with E-state index in [9.17, 15) is 4.79 Å². The Morgan fingerprint density at radius 3 is 3.00 bits per heavy atom. The Balaban J connectivity index is 2.37. The second-order valence-corrected chi connectivity index (χ2v) is 5.29. The van der Waals surface area contributed by atoms with E-state index < -0.39 is 5.97 Å². The van der Waals surface area contributed by atoms with E-state index in [0.29, 0.717) is 5.02 Å². The molecule has 94 valence electrons. The number of aliphatic carboxylic acids is 1. The maximum atomic E-state index is 11.0. The number of hydrogen-bond donors (Lipinski definition) is 1. The number of carboxylic acid groups (broad SMARTS) is 1. The molecule has 4 heteroatoms. The van der Waals surface area contributed by atoms with Crippen LogP contribution in [0.5, 0.6) is 0 Å². The van der Waals surface area contributed by atoms with Crippen LogP contribution in [0.3, 0.4) is 0 Å². The van der Waals surface area contributed by atoms with Crippen LogP contribution in [-0.4, -0.2) is 15.6 Å². The molecule has 3 rings (SSSR count). The number of carbonyl (C=O) groups is 1. The van der Waals surface area contributed by atoms with Crippen LogP contribution < -0.4 is 0 Å². The van der Waals surface area contributed by atoms with Gasteiger partial charge in [0.05, 0.1) is 11.9 Å². The summed E-state index contributed by atoms with van der Waals surface area (Å²) in [6, 6.07) is 3.90. The molecule has 0 aliphatic carbocycles. The molecule has 18 heavy (non-hydrogen) atoms. The molecule has 0 spiro atoms. The molecule has 2 heterocycles. The Morgan fingerprint density at radius 1 is 1.50 bits per heavy atom. The van der Waals surface area contributed by atoms with Gasteiger partial charge in [0.1, 0.15) is 0 Å². The molecule has 3 nitrogen and oxygen atoms in total. The predicted molar refractivity (Wildman–Crippen MR) is 71.3 cm³/mol. The standard InChI is InChI=1S/C14H14ClNO2/c1-8-11(7-13(17)18)12-6-10(15)5-9-3-2-4-16(8)14(9)12/h5-6H,2-4,7H2,1H3,(H,17,18). The first-order valence-corrected chi connectivity index (χ1v) is 6.47. The van der Waals surface area contributed by atoms with Crippen LogP contribution in [0.1, 0.15) is 23.2 Å². The number of nitrogens with zero attached hydrogens (tertiary/aromatic N) is 1. The van der Waals surface area contributed by atoms with Crippen LogP contribution in [0.15, 0.2) is 12.1 Å². The molecule has 0 bridgehead atoms. The minimum absolute atomic E-state index is 0.0646. The van der Waals surface area contributed by atoms with Gasteiger partial charge in [-0.2, -0.15) is 0 Å². The lowest BCUT2D eigenvalue weighted by Crippen LogP contribution is -2.09. The van der Waals surface area contributed by atoms with Crippen molar-refractivity contribution in [3.05, 3.63) is 34.0 Å². The van der Waals surface area contributed by atoms with Crippen LogP contribution in [0.2, 0.25) is 5.02 Å². The SMILES string of the molecule is Cc1c(CC(=O)O)c2cc(Cl)cc3c2n1CCC3. The highest BCUT2D eigenvalue weighted by atomic mass is 35.5. The van der Waals surface area contributed by atoms with Gasteiger partial charge in [0.25, 0.3) is 0 Å². The summed E-state index contributed by atoms with van der Waals surface area (Å²) in [6.45, 7) is 2.97. The Labute approximate surface area is 110 Å². The molecular weight excluding hydrogens is 250 g/mol. The summed E-state index contributed by atoms with van der Waals surface area (Å²) in [5, 5.41) is 10.8. The number of halogens is 1. The van der Waals surface area contributed by atoms with Crippen molar-refractivity contribution in [2.45, 2.75) is 32.7 Å². The third-order valence-electron chi connectivity index (χ3n) is 3.75. The van der Waals surface area contributed by atoms with E-state index in [1.807, 2.05) is 19.1 Å². The second kappa shape index (κ2) is 4.02. The monoisotopic (exact) mass is 263 g/mol. The van der Waals surface area contributed by atoms with Crippen LogP contribution in [0, 0.1) is 6.92 Å². The number of carboxylic acids is 1. The number of benzene rings is 1. The van der Waals surface area contributed by atoms with Crippen molar-refractivity contribution in [1.82, 2.24) is 4.57 Å². The molecule has 2 aromatic rings. The summed E-state index contributed by atoms with van der Waals surface area (Å²) in [7, 11) is 0. The highest BCUT2D eigenvalue weighted by molar-refractivity contribution is 6.31. The minimum atomic E-state index is -0.794. The maximum Gasteiger partial charge on any atom is 0.307 e. The summed E-state index contributed by atoms with van der Waals surface area (Å²) in [6.07, 6.45) is 2.17. The van der Waals surface area contributed by atoms with E-state index >= 15 is 0 Å². The van der Waals surface area contributed by atoms with Gasteiger partial charge in [0.15, 0.2) is 0 Å². The zero-order valence-corrected chi connectivity index (χ0v) is 10.9. The molecule has 1 aliphatic rings. The van der Waals surface area contributed by atoms with Gasteiger partial charge in [-0.3, -0.25) is 4.79 Å². The van der Waals surface area contributed by atoms with Gasteiger partial charge >= 0.3 is 5.97 Å². The molecule has 0 radical (unpaired) electrons. The van der Waals surface area contributed by atoms with E-state index in [0.717, 1.165) is 36.0 Å². The molecule has 0 amide bonds. The first kappa shape index (κ1) is 11.6. The van der Waals surface area contributed by atoms with Crippen LogP contribution in [0.25, 0.3) is 10.9 Å². The van der Waals surface area contributed by atoms with E-state index in [1.54, 1.807) is 0 Å². The third-order valence-corrected chi connectivity index (χ3v) is 3.96. The number of aryl methyl sites for hydroxylation is 2. The molecule has 0 unspecified atom stereocenters. The molecule has 0 fully saturated rings. The van der Waals surface area contributed by atoms with E-state index in [4.69, 9.17) is 16.7 Å². The maximum absolute atomic E-state index is 11.0. The van der Waals surface area contributed by atoms with Crippen molar-refractivity contribution < 1.29 is 9.90 Å². The lowest BCUT2D eigenvalue weighted by atomic mass is 10.0. The summed E-state index contributed by atoms with van der Waals surface area (Å²) >= 11 is 6.14. The highest BCUT2D eigenvalue weighted by Gasteiger charge is 2.21. The van der Waals surface area contributed by atoms with Crippen molar-refractivity contribution in [2.24, 2.45) is 0 Å². The summed E-state index contributed by atoms with van der Waals surface area (Å²) in [5.74, 6) is -0.794. The molecule has 0 saturated heterocycles. The Morgan fingerprint density at radius 2 is 2.28 bits per heavy atom. The number of aromatic nitrogens is 1. The fraction of sp³-hybridized carbons (Fsp3) is 0.357. The van der Waals surface area contributed by atoms with Gasteiger partial charge in [-0.1, -0.05) is 11.6 Å². The lowest BCUT2D eigenvalue weighted by molar-refractivity contribution is -0.136. The number of hydrogen-bond acceptors (Lipinski definition) is 1. The van der Waals surface area contributed by atoms with Gasteiger partial charge in [-0.25, -0.2) is 0 Å². The van der Waals surface area contributed by atoms with Crippen LogP contribution in [0.4, 0.5) is 0 Å². The van der Waals surface area contributed by atoms with Gasteiger partial charge in [-0.05, 0) is 43.0 Å². The molecule has 1 aromatic carbocycles. The Bertz CT molecular complexity index is 658. The summed E-state index contributed by atoms with van der Waals surface area (Å²) in [5.41, 5.74) is 4.39. The van der Waals surface area contributed by atoms with Crippen molar-refractivity contribution in [3.8, 4) is 0 Å². The fourth-order valence-electron chi connectivity index (χ4n) is 3.00. The average Bonchev–Trinajstić information content (AvgIpc) is 2.56. The first-order valence-electron chi connectivity index (χ1n) is 6.10. The number of rotatable bonds is 2. The largest absolute Gasteiger partial charge is 0.481 e. The molecule has 0 atom stereocenters. The highest BCUT2D eigenvalue weighted by Crippen LogP contribution is 2.35. The minimum Gasteiger partial charge on any atom is -0.481 e. The predicted octanol–water partition coefficient (Wildman–Crippen LogP) is 3.18. The first-order chi connectivity index (χ1) is 8.58. The molecule has 1 N–H and O–H groups in total. The normalized spacial score (nSPS) is 14.1. The van der Waals surface area contributed by atoms with Crippen LogP contribution >= 0.6 is 11.6 Å². The van der Waals surface area contributed by atoms with Crippen molar-refractivity contribution >= 4 is 28.5 Å². The summed E-state index contributed by atoms with van der Waals surface area (Å²) in [4.78, 5) is 11.0. The Kier molecular flexibility index (Phi) is 2.59.